The molecule has 1 aliphatic carbocycles. The molecular formula is C8H11NO3. The molecule has 4 heteroatoms. The van der Waals surface area contributed by atoms with Gasteiger partial charge < -0.3 is 10.4 Å². The second-order valence-electron chi connectivity index (χ2n) is 3.73. The van der Waals surface area contributed by atoms with Crippen LogP contribution in [0.25, 0.3) is 0 Å². The smallest absolute Gasteiger partial charge is 0.306 e. The van der Waals surface area contributed by atoms with Crippen LogP contribution in [0.15, 0.2) is 0 Å². The van der Waals surface area contributed by atoms with E-state index in [0.717, 1.165) is 6.42 Å². The first-order chi connectivity index (χ1) is 5.64. The number of carbonyl (C=O) groups excluding carboxylic acids is 1. The van der Waals surface area contributed by atoms with Crippen LogP contribution in [0.1, 0.15) is 19.3 Å². The maximum absolute atomic E-state index is 11.2. The van der Waals surface area contributed by atoms with Crippen LogP contribution in [0, 0.1) is 11.3 Å². The van der Waals surface area contributed by atoms with Gasteiger partial charge in [0, 0.05) is 6.54 Å². The summed E-state index contributed by atoms with van der Waals surface area (Å²) >= 11 is 0. The molecule has 2 rings (SSSR count). The Balaban J connectivity index is 2.02. The van der Waals surface area contributed by atoms with Gasteiger partial charge in [0.1, 0.15) is 0 Å². The van der Waals surface area contributed by atoms with Crippen LogP contribution in [-0.4, -0.2) is 23.5 Å². The minimum atomic E-state index is -0.764. The Morgan fingerprint density at radius 3 is 2.67 bits per heavy atom. The Bertz CT molecular complexity index is 243. The third-order valence-electron chi connectivity index (χ3n) is 2.99. The molecule has 1 aliphatic heterocycles. The lowest BCUT2D eigenvalue weighted by atomic mass is 9.61. The molecule has 1 saturated carbocycles. The van der Waals surface area contributed by atoms with Crippen LogP contribution >= 0.6 is 0 Å². The lowest BCUT2D eigenvalue weighted by molar-refractivity contribution is -0.153. The molecule has 66 valence electrons. The van der Waals surface area contributed by atoms with E-state index in [4.69, 9.17) is 5.11 Å². The van der Waals surface area contributed by atoms with Crippen LogP contribution in [0.2, 0.25) is 0 Å². The van der Waals surface area contributed by atoms with E-state index in [2.05, 4.69) is 5.32 Å². The zero-order valence-electron chi connectivity index (χ0n) is 6.67. The quantitative estimate of drug-likeness (QED) is 0.580. The van der Waals surface area contributed by atoms with Crippen LogP contribution in [-0.2, 0) is 9.59 Å². The molecule has 2 fully saturated rings. The standard InChI is InChI=1S/C8H11NO3/c10-6(11)5-3-8(4-5)1-2-9-7(8)12/h5H,1-4H2,(H,9,12)(H,10,11). The van der Waals surface area contributed by atoms with Crippen molar-refractivity contribution in [1.82, 2.24) is 5.32 Å². The number of carbonyl (C=O) groups is 2. The lowest BCUT2D eigenvalue weighted by Gasteiger charge is -2.40. The van der Waals surface area contributed by atoms with Gasteiger partial charge in [-0.3, -0.25) is 9.59 Å². The van der Waals surface area contributed by atoms with Crippen LogP contribution in [0.3, 0.4) is 0 Å². The molecular weight excluding hydrogens is 158 g/mol. The Hall–Kier alpha value is -1.06. The van der Waals surface area contributed by atoms with Crippen molar-refractivity contribution in [3.63, 3.8) is 0 Å². The van der Waals surface area contributed by atoms with E-state index in [1.165, 1.54) is 0 Å². The van der Waals surface area contributed by atoms with Gasteiger partial charge in [-0.15, -0.1) is 0 Å². The average Bonchev–Trinajstić information content (AvgIpc) is 2.26. The minimum Gasteiger partial charge on any atom is -0.481 e. The number of nitrogens with one attached hydrogen (secondary N) is 1. The van der Waals surface area contributed by atoms with Gasteiger partial charge in [-0.05, 0) is 19.3 Å². The lowest BCUT2D eigenvalue weighted by Crippen LogP contribution is -2.45. The molecule has 2 aliphatic rings. The molecule has 1 saturated heterocycles. The Kier molecular flexibility index (Phi) is 1.40. The molecule has 12 heavy (non-hydrogen) atoms. The zero-order chi connectivity index (χ0) is 8.77. The van der Waals surface area contributed by atoms with E-state index in [0.29, 0.717) is 19.4 Å². The maximum Gasteiger partial charge on any atom is 0.306 e. The van der Waals surface area contributed by atoms with E-state index in [1.54, 1.807) is 0 Å². The predicted octanol–water partition coefficient (Wildman–Crippen LogP) is -0.0127. The molecule has 0 aromatic carbocycles. The first kappa shape index (κ1) is 7.58. The molecule has 1 heterocycles. The Morgan fingerprint density at radius 1 is 1.58 bits per heavy atom. The largest absolute Gasteiger partial charge is 0.481 e. The van der Waals surface area contributed by atoms with Crippen molar-refractivity contribution in [3.8, 4) is 0 Å². The number of hydrogen-bond acceptors (Lipinski definition) is 2. The van der Waals surface area contributed by atoms with Gasteiger partial charge in [0.05, 0.1) is 11.3 Å². The summed E-state index contributed by atoms with van der Waals surface area (Å²) in [5.74, 6) is -0.992. The van der Waals surface area contributed by atoms with Crippen molar-refractivity contribution in [3.05, 3.63) is 0 Å². The Morgan fingerprint density at radius 2 is 2.25 bits per heavy atom. The predicted molar refractivity (Wildman–Crippen MR) is 40.4 cm³/mol. The van der Waals surface area contributed by atoms with Crippen molar-refractivity contribution < 1.29 is 14.7 Å². The van der Waals surface area contributed by atoms with E-state index in [-0.39, 0.29) is 17.2 Å². The van der Waals surface area contributed by atoms with Gasteiger partial charge in [0.15, 0.2) is 0 Å². The third-order valence-corrected chi connectivity index (χ3v) is 2.99. The number of hydrogen-bond donors (Lipinski definition) is 2. The topological polar surface area (TPSA) is 66.4 Å². The molecule has 0 aromatic rings. The summed E-state index contributed by atoms with van der Waals surface area (Å²) < 4.78 is 0. The van der Waals surface area contributed by atoms with Gasteiger partial charge in [-0.1, -0.05) is 0 Å². The molecule has 1 amide bonds. The third kappa shape index (κ3) is 0.838. The fraction of sp³-hybridized carbons (Fsp3) is 0.750. The summed E-state index contributed by atoms with van der Waals surface area (Å²) in [5, 5.41) is 11.4. The number of aliphatic carboxylic acids is 1. The zero-order valence-corrected chi connectivity index (χ0v) is 6.67. The van der Waals surface area contributed by atoms with Crippen molar-refractivity contribution in [1.29, 1.82) is 0 Å². The normalized spacial score (nSPS) is 39.3. The van der Waals surface area contributed by atoms with Gasteiger partial charge in [-0.25, -0.2) is 0 Å². The van der Waals surface area contributed by atoms with Gasteiger partial charge in [-0.2, -0.15) is 0 Å². The van der Waals surface area contributed by atoms with Gasteiger partial charge >= 0.3 is 5.97 Å². The highest BCUT2D eigenvalue weighted by molar-refractivity contribution is 5.88. The number of amides is 1. The number of carboxylic acid groups (broad SMARTS) is 1. The summed E-state index contributed by atoms with van der Waals surface area (Å²) in [6.45, 7) is 0.713. The first-order valence-electron chi connectivity index (χ1n) is 4.15. The summed E-state index contributed by atoms with van der Waals surface area (Å²) in [7, 11) is 0. The first-order valence-corrected chi connectivity index (χ1v) is 4.15. The van der Waals surface area contributed by atoms with Crippen molar-refractivity contribution in [2.24, 2.45) is 11.3 Å². The van der Waals surface area contributed by atoms with Crippen molar-refractivity contribution in [2.75, 3.05) is 6.54 Å². The van der Waals surface area contributed by atoms with Crippen LogP contribution < -0.4 is 5.32 Å². The fourth-order valence-corrected chi connectivity index (χ4v) is 2.16. The molecule has 0 radical (unpaired) electrons. The Labute approximate surface area is 69.9 Å². The monoisotopic (exact) mass is 169 g/mol. The average molecular weight is 169 g/mol. The summed E-state index contributed by atoms with van der Waals surface area (Å²) in [5.41, 5.74) is -0.303. The SMILES string of the molecule is O=C(O)C1CC2(CCNC2=O)C1. The second-order valence-corrected chi connectivity index (χ2v) is 3.73. The van der Waals surface area contributed by atoms with E-state index in [1.807, 2.05) is 0 Å². The molecule has 1 spiro atoms. The summed E-state index contributed by atoms with van der Waals surface area (Å²) in [4.78, 5) is 21.7. The van der Waals surface area contributed by atoms with Gasteiger partial charge in [0.25, 0.3) is 0 Å². The summed E-state index contributed by atoms with van der Waals surface area (Å²) in [6, 6.07) is 0. The fourth-order valence-electron chi connectivity index (χ4n) is 2.16. The highest BCUT2D eigenvalue weighted by atomic mass is 16.4. The maximum atomic E-state index is 11.2. The highest BCUT2D eigenvalue weighted by Crippen LogP contribution is 2.50. The number of carboxylic acids is 1. The van der Waals surface area contributed by atoms with Crippen LogP contribution in [0.4, 0.5) is 0 Å². The van der Waals surface area contributed by atoms with E-state index in [9.17, 15) is 9.59 Å². The molecule has 0 atom stereocenters. The molecule has 0 bridgehead atoms. The summed E-state index contributed by atoms with van der Waals surface area (Å²) in [6.07, 6.45) is 1.89. The second kappa shape index (κ2) is 2.21. The molecule has 0 aromatic heterocycles. The van der Waals surface area contributed by atoms with E-state index >= 15 is 0 Å². The van der Waals surface area contributed by atoms with Crippen molar-refractivity contribution in [2.45, 2.75) is 19.3 Å². The molecule has 0 unspecified atom stereocenters. The van der Waals surface area contributed by atoms with Crippen LogP contribution in [0.5, 0.6) is 0 Å². The van der Waals surface area contributed by atoms with Crippen molar-refractivity contribution >= 4 is 11.9 Å². The van der Waals surface area contributed by atoms with E-state index < -0.39 is 5.97 Å². The molecule has 2 N–H and O–H groups in total. The number of rotatable bonds is 1. The molecule has 4 nitrogen and oxygen atoms in total. The highest BCUT2D eigenvalue weighted by Gasteiger charge is 2.54. The minimum absolute atomic E-state index is 0.0556. The van der Waals surface area contributed by atoms with Gasteiger partial charge in [0.2, 0.25) is 5.91 Å².